The van der Waals surface area contributed by atoms with Crippen molar-refractivity contribution in [3.05, 3.63) is 0 Å². The van der Waals surface area contributed by atoms with E-state index < -0.39 is 22.0 Å². The Balaban J connectivity index is 3.75. The molecular formula is C20H42N2O5S. The lowest BCUT2D eigenvalue weighted by molar-refractivity contribution is -0.890. The summed E-state index contributed by atoms with van der Waals surface area (Å²) in [6.45, 7) is 2.77. The molecule has 0 aromatic rings. The Bertz CT molecular complexity index is 509. The number of carbonyl (C=O) groups is 1. The van der Waals surface area contributed by atoms with Crippen molar-refractivity contribution in [3.63, 3.8) is 0 Å². The highest BCUT2D eigenvalue weighted by molar-refractivity contribution is 7.86. The average Bonchev–Trinajstić information content (AvgIpc) is 2.61. The normalized spacial score (nSPS) is 13.5. The molecule has 0 fully saturated rings. The molecule has 0 spiro atoms. The molecule has 0 saturated carbocycles. The molecule has 0 saturated heterocycles. The van der Waals surface area contributed by atoms with Crippen LogP contribution in [0.4, 0.5) is 0 Å². The van der Waals surface area contributed by atoms with Gasteiger partial charge in [0.25, 0.3) is 0 Å². The molecule has 1 unspecified atom stereocenters. The number of carbonyl (C=O) groups excluding carboxylic acids is 1. The first-order valence-corrected chi connectivity index (χ1v) is 12.2. The van der Waals surface area contributed by atoms with Gasteiger partial charge in [-0.2, -0.15) is 0 Å². The zero-order valence-electron chi connectivity index (χ0n) is 18.1. The summed E-state index contributed by atoms with van der Waals surface area (Å²) in [4.78, 5) is 11.9. The number of hydrogen-bond acceptors (Lipinski definition) is 5. The highest BCUT2D eigenvalue weighted by Crippen LogP contribution is 2.10. The Morgan fingerprint density at radius 3 is 2.04 bits per heavy atom. The van der Waals surface area contributed by atoms with Gasteiger partial charge in [-0.05, 0) is 6.42 Å². The zero-order chi connectivity index (χ0) is 21.5. The van der Waals surface area contributed by atoms with E-state index >= 15 is 0 Å². The molecular weight excluding hydrogens is 380 g/mol. The number of quaternary nitrogens is 1. The fraction of sp³-hybridized carbons (Fsp3) is 0.950. The number of rotatable bonds is 18. The van der Waals surface area contributed by atoms with Gasteiger partial charge in [-0.15, -0.1) is 0 Å². The summed E-state index contributed by atoms with van der Waals surface area (Å²) >= 11 is 0. The molecule has 0 bridgehead atoms. The van der Waals surface area contributed by atoms with Crippen molar-refractivity contribution >= 4 is 16.0 Å². The molecule has 0 aliphatic rings. The Morgan fingerprint density at radius 1 is 1.00 bits per heavy atom. The zero-order valence-corrected chi connectivity index (χ0v) is 18.9. The summed E-state index contributed by atoms with van der Waals surface area (Å²) in [5, 5.41) is 10.7. The Labute approximate surface area is 172 Å². The minimum absolute atomic E-state index is 0.0589. The van der Waals surface area contributed by atoms with Gasteiger partial charge in [-0.3, -0.25) is 4.79 Å². The minimum Gasteiger partial charge on any atom is -0.747 e. The number of aliphatic hydroxyl groups excluding tert-OH is 1. The quantitative estimate of drug-likeness (QED) is 0.200. The molecule has 0 aromatic heterocycles. The van der Waals surface area contributed by atoms with Crippen LogP contribution in [0.2, 0.25) is 0 Å². The summed E-state index contributed by atoms with van der Waals surface area (Å²) in [5.74, 6) is 0.0589. The molecule has 0 rings (SSSR count). The molecule has 7 nitrogen and oxygen atoms in total. The smallest absolute Gasteiger partial charge is 0.219 e. The Morgan fingerprint density at radius 2 is 1.54 bits per heavy atom. The van der Waals surface area contributed by atoms with E-state index in [4.69, 9.17) is 5.11 Å². The van der Waals surface area contributed by atoms with E-state index in [0.29, 0.717) is 30.4 Å². The van der Waals surface area contributed by atoms with Gasteiger partial charge in [0, 0.05) is 19.4 Å². The number of nitrogens with one attached hydrogen (secondary N) is 1. The molecule has 0 aromatic carbocycles. The third-order valence-corrected chi connectivity index (χ3v) is 6.19. The van der Waals surface area contributed by atoms with Crippen LogP contribution in [-0.4, -0.2) is 74.1 Å². The number of unbranched alkanes of at least 4 members (excludes halogenated alkanes) is 8. The first-order chi connectivity index (χ1) is 13.1. The predicted molar refractivity (Wildman–Crippen MR) is 112 cm³/mol. The van der Waals surface area contributed by atoms with Crippen LogP contribution in [0.3, 0.4) is 0 Å². The van der Waals surface area contributed by atoms with Crippen molar-refractivity contribution in [3.8, 4) is 0 Å². The van der Waals surface area contributed by atoms with E-state index in [1.54, 1.807) is 0 Å². The van der Waals surface area contributed by atoms with Gasteiger partial charge in [0.2, 0.25) is 5.91 Å². The fourth-order valence-corrected chi connectivity index (χ4v) is 4.07. The van der Waals surface area contributed by atoms with Gasteiger partial charge in [-0.1, -0.05) is 58.3 Å². The van der Waals surface area contributed by atoms with Crippen molar-refractivity contribution in [2.24, 2.45) is 0 Å². The summed E-state index contributed by atoms with van der Waals surface area (Å²) < 4.78 is 33.6. The predicted octanol–water partition coefficient (Wildman–Crippen LogP) is 2.40. The first-order valence-electron chi connectivity index (χ1n) is 10.8. The second-order valence-electron chi connectivity index (χ2n) is 8.42. The van der Waals surface area contributed by atoms with Crippen LogP contribution < -0.4 is 5.32 Å². The fourth-order valence-electron chi connectivity index (χ4n) is 3.30. The Hall–Kier alpha value is -0.700. The molecule has 0 aliphatic carbocycles. The van der Waals surface area contributed by atoms with Crippen molar-refractivity contribution in [2.75, 3.05) is 40.3 Å². The van der Waals surface area contributed by atoms with Crippen LogP contribution >= 0.6 is 0 Å². The van der Waals surface area contributed by atoms with Gasteiger partial charge in [0.15, 0.2) is 0 Å². The molecule has 2 N–H and O–H groups in total. The van der Waals surface area contributed by atoms with Crippen molar-refractivity contribution in [1.82, 2.24) is 5.32 Å². The summed E-state index contributed by atoms with van der Waals surface area (Å²) in [6, 6.07) is 0. The average molecular weight is 423 g/mol. The molecule has 0 heterocycles. The largest absolute Gasteiger partial charge is 0.747 e. The number of hydrogen-bond donors (Lipinski definition) is 2. The van der Waals surface area contributed by atoms with Gasteiger partial charge in [0.1, 0.15) is 15.4 Å². The maximum Gasteiger partial charge on any atom is 0.219 e. The van der Waals surface area contributed by atoms with E-state index in [9.17, 15) is 17.8 Å². The second kappa shape index (κ2) is 15.2. The lowest BCUT2D eigenvalue weighted by atomic mass is 10.1. The lowest BCUT2D eigenvalue weighted by Gasteiger charge is -2.33. The minimum atomic E-state index is -4.50. The van der Waals surface area contributed by atoms with Gasteiger partial charge >= 0.3 is 0 Å². The van der Waals surface area contributed by atoms with Crippen LogP contribution in [-0.2, 0) is 14.9 Å². The van der Waals surface area contributed by atoms with Crippen LogP contribution in [0.1, 0.15) is 77.6 Å². The third-order valence-electron chi connectivity index (χ3n) is 5.08. The van der Waals surface area contributed by atoms with Crippen LogP contribution in [0.25, 0.3) is 0 Å². The van der Waals surface area contributed by atoms with E-state index in [1.807, 2.05) is 14.1 Å². The van der Waals surface area contributed by atoms with Crippen LogP contribution in [0.5, 0.6) is 0 Å². The Kier molecular flexibility index (Phi) is 14.8. The number of amides is 1. The lowest BCUT2D eigenvalue weighted by Crippen LogP contribution is -2.49. The monoisotopic (exact) mass is 422 g/mol. The van der Waals surface area contributed by atoms with E-state index in [0.717, 1.165) is 12.8 Å². The molecule has 8 heteroatoms. The van der Waals surface area contributed by atoms with E-state index in [-0.39, 0.29) is 12.5 Å². The van der Waals surface area contributed by atoms with Crippen LogP contribution in [0.15, 0.2) is 0 Å². The highest BCUT2D eigenvalue weighted by Gasteiger charge is 2.26. The highest BCUT2D eigenvalue weighted by atomic mass is 32.2. The molecule has 1 amide bonds. The van der Waals surface area contributed by atoms with Crippen molar-refractivity contribution in [1.29, 1.82) is 0 Å². The standard InChI is InChI=1S/C20H42N2O5S/c1-4-5-6-7-8-9-10-11-12-14-20(24)21-15-13-16-22(2,3)17-19(18-23)28(25,26)27/h19,23H,4-18H2,1-3H3,(H-,21,24,25,26,27). The second-order valence-corrected chi connectivity index (χ2v) is 10.1. The maximum atomic E-state index is 11.9. The molecule has 168 valence electrons. The third kappa shape index (κ3) is 15.2. The topological polar surface area (TPSA) is 107 Å². The van der Waals surface area contributed by atoms with E-state index in [2.05, 4.69) is 12.2 Å². The van der Waals surface area contributed by atoms with Crippen LogP contribution in [0, 0.1) is 0 Å². The molecule has 0 aliphatic heterocycles. The number of aliphatic hydroxyl groups is 1. The summed E-state index contributed by atoms with van der Waals surface area (Å²) in [5.41, 5.74) is 0. The van der Waals surface area contributed by atoms with Crippen molar-refractivity contribution in [2.45, 2.75) is 82.8 Å². The first kappa shape index (κ1) is 27.3. The number of nitrogens with zero attached hydrogens (tertiary/aromatic N) is 1. The van der Waals surface area contributed by atoms with Gasteiger partial charge in [-0.25, -0.2) is 8.42 Å². The molecule has 1 atom stereocenters. The van der Waals surface area contributed by atoms with Gasteiger partial charge in [0.05, 0.1) is 33.8 Å². The SMILES string of the molecule is CCCCCCCCCCCC(=O)NCCC[N+](C)(C)CC(CO)S(=O)(=O)[O-]. The maximum absolute atomic E-state index is 11.9. The van der Waals surface area contributed by atoms with Gasteiger partial charge < -0.3 is 19.5 Å². The van der Waals surface area contributed by atoms with Crippen molar-refractivity contribution < 1.29 is 27.4 Å². The summed E-state index contributed by atoms with van der Waals surface area (Å²) in [6.07, 6.45) is 12.3. The summed E-state index contributed by atoms with van der Waals surface area (Å²) in [7, 11) is -0.866. The molecule has 28 heavy (non-hydrogen) atoms. The van der Waals surface area contributed by atoms with E-state index in [1.165, 1.54) is 44.9 Å². The molecule has 0 radical (unpaired) electrons.